The fourth-order valence-corrected chi connectivity index (χ4v) is 3.26. The van der Waals surface area contributed by atoms with Gasteiger partial charge in [0, 0.05) is 5.69 Å². The molecule has 6 nitrogen and oxygen atoms in total. The molecule has 0 aromatic heterocycles. The Bertz CT molecular complexity index is 879. The van der Waals surface area contributed by atoms with E-state index in [1.165, 1.54) is 0 Å². The first-order valence-electron chi connectivity index (χ1n) is 8.91. The number of benzene rings is 2. The number of hydrogen-bond acceptors (Lipinski definition) is 3. The van der Waals surface area contributed by atoms with Crippen LogP contribution in [0.2, 0.25) is 0 Å². The predicted molar refractivity (Wildman–Crippen MR) is 103 cm³/mol. The first kappa shape index (κ1) is 18.6. The van der Waals surface area contributed by atoms with Crippen LogP contribution in [0, 0.1) is 0 Å². The monoisotopic (exact) mass is 365 g/mol. The minimum atomic E-state index is -1.17. The zero-order chi connectivity index (χ0) is 19.6. The fraction of sp³-hybridized carbons (Fsp3) is 0.286. The smallest absolute Gasteiger partial charge is 0.324 e. The van der Waals surface area contributed by atoms with Crippen molar-refractivity contribution >= 4 is 23.5 Å². The summed E-state index contributed by atoms with van der Waals surface area (Å²) in [6, 6.07) is 15.9. The molecule has 1 fully saturated rings. The van der Waals surface area contributed by atoms with Crippen molar-refractivity contribution in [3.63, 3.8) is 0 Å². The highest BCUT2D eigenvalue weighted by molar-refractivity contribution is 6.10. The first-order chi connectivity index (χ1) is 12.8. The van der Waals surface area contributed by atoms with Gasteiger partial charge < -0.3 is 10.6 Å². The molecule has 0 radical (unpaired) electrons. The van der Waals surface area contributed by atoms with Crippen LogP contribution in [0.4, 0.5) is 10.5 Å². The van der Waals surface area contributed by atoms with Gasteiger partial charge in [-0.1, -0.05) is 62.4 Å². The molecule has 4 amide bonds. The minimum Gasteiger partial charge on any atom is -0.324 e. The molecule has 140 valence electrons. The Morgan fingerprint density at radius 2 is 1.70 bits per heavy atom. The topological polar surface area (TPSA) is 78.5 Å². The molecular formula is C21H23N3O3. The van der Waals surface area contributed by atoms with Crippen LogP contribution >= 0.6 is 0 Å². The largest absolute Gasteiger partial charge is 0.325 e. The molecular weight excluding hydrogens is 342 g/mol. The number of hydrogen-bond donors (Lipinski definition) is 2. The lowest BCUT2D eigenvalue weighted by molar-refractivity contribution is -0.133. The van der Waals surface area contributed by atoms with Crippen LogP contribution in [-0.2, 0) is 15.1 Å². The molecule has 2 aromatic carbocycles. The van der Waals surface area contributed by atoms with Crippen LogP contribution < -0.4 is 10.6 Å². The van der Waals surface area contributed by atoms with E-state index in [-0.39, 0.29) is 12.5 Å². The van der Waals surface area contributed by atoms with Gasteiger partial charge in [0.2, 0.25) is 5.91 Å². The molecule has 27 heavy (non-hydrogen) atoms. The molecule has 6 heteroatoms. The van der Waals surface area contributed by atoms with Crippen LogP contribution in [0.1, 0.15) is 37.8 Å². The number of anilines is 1. The van der Waals surface area contributed by atoms with E-state index >= 15 is 0 Å². The first-order valence-corrected chi connectivity index (χ1v) is 8.91. The highest BCUT2D eigenvalue weighted by Crippen LogP contribution is 2.29. The molecule has 0 aliphatic carbocycles. The van der Waals surface area contributed by atoms with Crippen molar-refractivity contribution in [3.8, 4) is 0 Å². The van der Waals surface area contributed by atoms with Gasteiger partial charge in [-0.3, -0.25) is 14.5 Å². The van der Waals surface area contributed by atoms with E-state index in [2.05, 4.69) is 10.6 Å². The Balaban J connectivity index is 1.75. The summed E-state index contributed by atoms with van der Waals surface area (Å²) in [5, 5.41) is 5.52. The van der Waals surface area contributed by atoms with Crippen molar-refractivity contribution in [3.05, 3.63) is 65.7 Å². The summed E-state index contributed by atoms with van der Waals surface area (Å²) in [6.07, 6.45) is 0. The Morgan fingerprint density at radius 3 is 2.37 bits per heavy atom. The van der Waals surface area contributed by atoms with Gasteiger partial charge in [-0.05, 0) is 30.0 Å². The van der Waals surface area contributed by atoms with E-state index in [9.17, 15) is 14.4 Å². The SMILES string of the molecule is CC(C)c1ccccc1NC(=O)CN1C(=O)N[C@@](C)(c2ccccc2)C1=O. The van der Waals surface area contributed by atoms with Gasteiger partial charge in [0.15, 0.2) is 0 Å². The third-order valence-electron chi connectivity index (χ3n) is 4.78. The average molecular weight is 365 g/mol. The predicted octanol–water partition coefficient (Wildman–Crippen LogP) is 3.22. The number of nitrogens with one attached hydrogen (secondary N) is 2. The maximum atomic E-state index is 12.9. The van der Waals surface area contributed by atoms with Crippen LogP contribution in [0.25, 0.3) is 0 Å². The highest BCUT2D eigenvalue weighted by Gasteiger charge is 2.49. The number of carbonyl (C=O) groups is 3. The summed E-state index contributed by atoms with van der Waals surface area (Å²) < 4.78 is 0. The number of nitrogens with zero attached hydrogens (tertiary/aromatic N) is 1. The van der Waals surface area contributed by atoms with Gasteiger partial charge in [0.05, 0.1) is 0 Å². The van der Waals surface area contributed by atoms with E-state index in [0.717, 1.165) is 10.5 Å². The molecule has 1 heterocycles. The van der Waals surface area contributed by atoms with E-state index in [1.54, 1.807) is 31.2 Å². The zero-order valence-electron chi connectivity index (χ0n) is 15.7. The molecule has 1 aliphatic rings. The van der Waals surface area contributed by atoms with E-state index < -0.39 is 23.4 Å². The van der Waals surface area contributed by atoms with Crippen LogP contribution in [0.5, 0.6) is 0 Å². The molecule has 3 rings (SSSR count). The van der Waals surface area contributed by atoms with E-state index in [0.29, 0.717) is 11.3 Å². The Labute approximate surface area is 158 Å². The summed E-state index contributed by atoms with van der Waals surface area (Å²) in [4.78, 5) is 38.7. The fourth-order valence-electron chi connectivity index (χ4n) is 3.26. The second-order valence-corrected chi connectivity index (χ2v) is 7.10. The highest BCUT2D eigenvalue weighted by atomic mass is 16.2. The average Bonchev–Trinajstić information content (AvgIpc) is 2.87. The Hall–Kier alpha value is -3.15. The molecule has 1 aliphatic heterocycles. The van der Waals surface area contributed by atoms with Gasteiger partial charge in [-0.25, -0.2) is 4.79 Å². The summed E-state index contributed by atoms with van der Waals surface area (Å²) >= 11 is 0. The van der Waals surface area contributed by atoms with Gasteiger partial charge in [0.1, 0.15) is 12.1 Å². The Kier molecular flexibility index (Phi) is 4.99. The number of amides is 4. The number of para-hydroxylation sites is 1. The van der Waals surface area contributed by atoms with Crippen LogP contribution in [0.3, 0.4) is 0 Å². The van der Waals surface area contributed by atoms with Gasteiger partial charge in [0.25, 0.3) is 5.91 Å². The number of urea groups is 1. The zero-order valence-corrected chi connectivity index (χ0v) is 15.7. The number of imide groups is 1. The second-order valence-electron chi connectivity index (χ2n) is 7.10. The third kappa shape index (κ3) is 3.56. The molecule has 1 saturated heterocycles. The summed E-state index contributed by atoms with van der Waals surface area (Å²) in [6.45, 7) is 5.38. The summed E-state index contributed by atoms with van der Waals surface area (Å²) in [5.74, 6) is -0.616. The Morgan fingerprint density at radius 1 is 1.07 bits per heavy atom. The quantitative estimate of drug-likeness (QED) is 0.799. The van der Waals surface area contributed by atoms with Gasteiger partial charge in [-0.2, -0.15) is 0 Å². The van der Waals surface area contributed by atoms with E-state index in [4.69, 9.17) is 0 Å². The van der Waals surface area contributed by atoms with Crippen molar-refractivity contribution in [1.82, 2.24) is 10.2 Å². The minimum absolute atomic E-state index is 0.236. The van der Waals surface area contributed by atoms with Crippen molar-refractivity contribution in [2.45, 2.75) is 32.2 Å². The number of rotatable bonds is 5. The normalized spacial score (nSPS) is 19.3. The summed E-state index contributed by atoms with van der Waals surface area (Å²) in [7, 11) is 0. The number of carbonyl (C=O) groups excluding carboxylic acids is 3. The van der Waals surface area contributed by atoms with Gasteiger partial charge in [-0.15, -0.1) is 0 Å². The molecule has 0 spiro atoms. The molecule has 1 atom stereocenters. The van der Waals surface area contributed by atoms with Gasteiger partial charge >= 0.3 is 6.03 Å². The van der Waals surface area contributed by atoms with Crippen molar-refractivity contribution in [2.75, 3.05) is 11.9 Å². The second kappa shape index (κ2) is 7.23. The third-order valence-corrected chi connectivity index (χ3v) is 4.78. The van der Waals surface area contributed by atoms with Crippen molar-refractivity contribution in [1.29, 1.82) is 0 Å². The molecule has 0 unspecified atom stereocenters. The maximum absolute atomic E-state index is 12.9. The molecule has 2 N–H and O–H groups in total. The van der Waals surface area contributed by atoms with Crippen LogP contribution in [-0.4, -0.2) is 29.3 Å². The molecule has 0 bridgehead atoms. The lowest BCUT2D eigenvalue weighted by Crippen LogP contribution is -2.42. The van der Waals surface area contributed by atoms with Crippen molar-refractivity contribution < 1.29 is 14.4 Å². The maximum Gasteiger partial charge on any atom is 0.325 e. The van der Waals surface area contributed by atoms with E-state index in [1.807, 2.05) is 44.2 Å². The summed E-state index contributed by atoms with van der Waals surface area (Å²) in [5.41, 5.74) is 1.19. The molecule has 2 aromatic rings. The lowest BCUT2D eigenvalue weighted by atomic mass is 9.92. The lowest BCUT2D eigenvalue weighted by Gasteiger charge is -2.22. The molecule has 0 saturated carbocycles. The van der Waals surface area contributed by atoms with Crippen molar-refractivity contribution in [2.24, 2.45) is 0 Å². The van der Waals surface area contributed by atoms with Crippen LogP contribution in [0.15, 0.2) is 54.6 Å². The standard InChI is InChI=1S/C21H23N3O3/c1-14(2)16-11-7-8-12-17(16)22-18(25)13-24-19(26)21(3,23-20(24)27)15-9-5-4-6-10-15/h4-12,14H,13H2,1-3H3,(H,22,25)(H,23,27)/t21-/m0/s1.